The third-order valence-electron chi connectivity index (χ3n) is 3.54. The first-order valence-corrected chi connectivity index (χ1v) is 6.02. The summed E-state index contributed by atoms with van der Waals surface area (Å²) < 4.78 is 18.4. The molecule has 3 heteroatoms. The molecule has 17 heavy (non-hydrogen) atoms. The van der Waals surface area contributed by atoms with Crippen LogP contribution in [0.3, 0.4) is 0 Å². The Bertz CT molecular complexity index is 376. The second-order valence-electron chi connectivity index (χ2n) is 4.96. The average molecular weight is 239 g/mol. The Hall–Kier alpha value is -1.09. The lowest BCUT2D eigenvalue weighted by Crippen LogP contribution is -2.44. The topological polar surface area (TPSA) is 35.2 Å². The molecular formula is C14H22FNO. The van der Waals surface area contributed by atoms with Crippen molar-refractivity contribution in [3.8, 4) is 5.75 Å². The predicted molar refractivity (Wildman–Crippen MR) is 68.7 cm³/mol. The molecule has 0 saturated heterocycles. The zero-order chi connectivity index (χ0) is 13.1. The van der Waals surface area contributed by atoms with Gasteiger partial charge in [-0.15, -0.1) is 0 Å². The summed E-state index contributed by atoms with van der Waals surface area (Å²) in [7, 11) is 1.46. The highest BCUT2D eigenvalue weighted by molar-refractivity contribution is 5.30. The van der Waals surface area contributed by atoms with Gasteiger partial charge in [-0.1, -0.05) is 26.3 Å². The highest BCUT2D eigenvalue weighted by Crippen LogP contribution is 2.25. The maximum atomic E-state index is 13.5. The lowest BCUT2D eigenvalue weighted by molar-refractivity contribution is 0.306. The van der Waals surface area contributed by atoms with Crippen molar-refractivity contribution in [2.24, 2.45) is 11.7 Å². The molecule has 0 aromatic heterocycles. The van der Waals surface area contributed by atoms with Crippen molar-refractivity contribution in [2.45, 2.75) is 39.2 Å². The summed E-state index contributed by atoms with van der Waals surface area (Å²) in [5, 5.41) is 0. The molecule has 0 amide bonds. The monoisotopic (exact) mass is 239 g/mol. The molecule has 1 aromatic carbocycles. The van der Waals surface area contributed by atoms with Gasteiger partial charge in [0.05, 0.1) is 7.11 Å². The first-order valence-electron chi connectivity index (χ1n) is 6.02. The maximum Gasteiger partial charge on any atom is 0.165 e. The minimum Gasteiger partial charge on any atom is -0.494 e. The van der Waals surface area contributed by atoms with Crippen molar-refractivity contribution in [1.29, 1.82) is 0 Å². The number of methoxy groups -OCH3 is 1. The van der Waals surface area contributed by atoms with Gasteiger partial charge in [0.15, 0.2) is 11.6 Å². The molecule has 0 fully saturated rings. The standard InChI is InChI=1S/C14H22FNO/c1-5-10(2)14(3,16)9-11-6-7-13(17-4)12(15)8-11/h6-8,10H,5,9,16H2,1-4H3. The van der Waals surface area contributed by atoms with Crippen LogP contribution < -0.4 is 10.5 Å². The summed E-state index contributed by atoms with van der Waals surface area (Å²) in [5.74, 6) is 0.341. The molecule has 1 aromatic rings. The van der Waals surface area contributed by atoms with E-state index in [1.165, 1.54) is 13.2 Å². The fraction of sp³-hybridized carbons (Fsp3) is 0.571. The number of hydrogen-bond donors (Lipinski definition) is 1. The molecule has 2 unspecified atom stereocenters. The van der Waals surface area contributed by atoms with Gasteiger partial charge < -0.3 is 10.5 Å². The van der Waals surface area contributed by atoms with Gasteiger partial charge in [-0.2, -0.15) is 0 Å². The van der Waals surface area contributed by atoms with E-state index >= 15 is 0 Å². The van der Waals surface area contributed by atoms with Crippen LogP contribution >= 0.6 is 0 Å². The normalized spacial score (nSPS) is 16.4. The van der Waals surface area contributed by atoms with E-state index in [1.54, 1.807) is 6.07 Å². The van der Waals surface area contributed by atoms with E-state index in [0.29, 0.717) is 12.3 Å². The molecule has 96 valence electrons. The molecule has 0 saturated carbocycles. The number of ether oxygens (including phenoxy) is 1. The van der Waals surface area contributed by atoms with Gasteiger partial charge >= 0.3 is 0 Å². The van der Waals surface area contributed by atoms with Crippen LogP contribution in [0.25, 0.3) is 0 Å². The van der Waals surface area contributed by atoms with Crippen LogP contribution in [0, 0.1) is 11.7 Å². The Morgan fingerprint density at radius 1 is 1.47 bits per heavy atom. The Morgan fingerprint density at radius 2 is 2.12 bits per heavy atom. The van der Waals surface area contributed by atoms with Gasteiger partial charge in [0.1, 0.15) is 0 Å². The van der Waals surface area contributed by atoms with Crippen molar-refractivity contribution in [1.82, 2.24) is 0 Å². The summed E-state index contributed by atoms with van der Waals surface area (Å²) >= 11 is 0. The molecule has 0 spiro atoms. The summed E-state index contributed by atoms with van der Waals surface area (Å²) in [6, 6.07) is 5.03. The largest absolute Gasteiger partial charge is 0.494 e. The summed E-state index contributed by atoms with van der Waals surface area (Å²) in [4.78, 5) is 0. The van der Waals surface area contributed by atoms with Crippen molar-refractivity contribution >= 4 is 0 Å². The molecule has 0 aliphatic heterocycles. The van der Waals surface area contributed by atoms with Crippen LogP contribution in [-0.4, -0.2) is 12.6 Å². The predicted octanol–water partition coefficient (Wildman–Crippen LogP) is 3.14. The van der Waals surface area contributed by atoms with Crippen LogP contribution in [-0.2, 0) is 6.42 Å². The number of benzene rings is 1. The van der Waals surface area contributed by atoms with Gasteiger partial charge in [-0.05, 0) is 37.0 Å². The Morgan fingerprint density at radius 3 is 2.59 bits per heavy atom. The summed E-state index contributed by atoms with van der Waals surface area (Å²) in [6.45, 7) is 6.26. The van der Waals surface area contributed by atoms with E-state index in [9.17, 15) is 4.39 Å². The van der Waals surface area contributed by atoms with Crippen molar-refractivity contribution < 1.29 is 9.13 Å². The van der Waals surface area contributed by atoms with Crippen molar-refractivity contribution in [3.63, 3.8) is 0 Å². The highest BCUT2D eigenvalue weighted by atomic mass is 19.1. The molecule has 0 heterocycles. The third-order valence-corrected chi connectivity index (χ3v) is 3.54. The Labute approximate surface area is 103 Å². The van der Waals surface area contributed by atoms with E-state index in [-0.39, 0.29) is 17.1 Å². The van der Waals surface area contributed by atoms with Crippen LogP contribution in [0.5, 0.6) is 5.75 Å². The fourth-order valence-electron chi connectivity index (χ4n) is 1.90. The van der Waals surface area contributed by atoms with E-state index in [0.717, 1.165) is 12.0 Å². The lowest BCUT2D eigenvalue weighted by Gasteiger charge is -2.31. The number of hydrogen-bond acceptors (Lipinski definition) is 2. The zero-order valence-electron chi connectivity index (χ0n) is 11.1. The summed E-state index contributed by atoms with van der Waals surface area (Å²) in [5.41, 5.74) is 6.87. The molecule has 0 aliphatic carbocycles. The second-order valence-corrected chi connectivity index (χ2v) is 4.96. The molecule has 0 radical (unpaired) electrons. The van der Waals surface area contributed by atoms with Crippen LogP contribution in [0.1, 0.15) is 32.8 Å². The van der Waals surface area contributed by atoms with E-state index in [1.807, 2.05) is 13.0 Å². The smallest absolute Gasteiger partial charge is 0.165 e. The van der Waals surface area contributed by atoms with Crippen molar-refractivity contribution in [3.05, 3.63) is 29.6 Å². The molecular weight excluding hydrogens is 217 g/mol. The number of nitrogens with two attached hydrogens (primary N) is 1. The minimum atomic E-state index is -0.329. The van der Waals surface area contributed by atoms with Crippen LogP contribution in [0.4, 0.5) is 4.39 Å². The quantitative estimate of drug-likeness (QED) is 0.856. The van der Waals surface area contributed by atoms with Gasteiger partial charge in [-0.3, -0.25) is 0 Å². The molecule has 2 nitrogen and oxygen atoms in total. The SMILES string of the molecule is CCC(C)C(C)(N)Cc1ccc(OC)c(F)c1. The molecule has 2 N–H and O–H groups in total. The zero-order valence-corrected chi connectivity index (χ0v) is 11.1. The second kappa shape index (κ2) is 5.50. The first-order chi connectivity index (χ1) is 7.90. The Balaban J connectivity index is 2.85. The lowest BCUT2D eigenvalue weighted by atomic mass is 9.81. The van der Waals surface area contributed by atoms with E-state index in [2.05, 4.69) is 13.8 Å². The molecule has 0 bridgehead atoms. The maximum absolute atomic E-state index is 13.5. The fourth-order valence-corrected chi connectivity index (χ4v) is 1.90. The molecule has 2 atom stereocenters. The van der Waals surface area contributed by atoms with Crippen LogP contribution in [0.2, 0.25) is 0 Å². The van der Waals surface area contributed by atoms with E-state index < -0.39 is 0 Å². The third kappa shape index (κ3) is 3.43. The van der Waals surface area contributed by atoms with Gasteiger partial charge in [0, 0.05) is 5.54 Å². The highest BCUT2D eigenvalue weighted by Gasteiger charge is 2.25. The number of halogens is 1. The molecule has 1 rings (SSSR count). The molecule has 0 aliphatic rings. The van der Waals surface area contributed by atoms with Crippen molar-refractivity contribution in [2.75, 3.05) is 7.11 Å². The summed E-state index contributed by atoms with van der Waals surface area (Å²) in [6.07, 6.45) is 1.69. The van der Waals surface area contributed by atoms with Crippen LogP contribution in [0.15, 0.2) is 18.2 Å². The van der Waals surface area contributed by atoms with Gasteiger partial charge in [-0.25, -0.2) is 4.39 Å². The first kappa shape index (κ1) is 14.0. The van der Waals surface area contributed by atoms with Gasteiger partial charge in [0.25, 0.3) is 0 Å². The average Bonchev–Trinajstić information content (AvgIpc) is 2.27. The minimum absolute atomic E-state index is 0.274. The van der Waals surface area contributed by atoms with Gasteiger partial charge in [0.2, 0.25) is 0 Å². The number of rotatable bonds is 5. The Kier molecular flexibility index (Phi) is 4.52. The van der Waals surface area contributed by atoms with E-state index in [4.69, 9.17) is 10.5 Å².